The average Bonchev–Trinajstić information content (AvgIpc) is 3.39. The van der Waals surface area contributed by atoms with Crippen molar-refractivity contribution >= 4 is 39.2 Å². The minimum Gasteiger partial charge on any atom is -0.338 e. The lowest BCUT2D eigenvalue weighted by Crippen LogP contribution is -2.49. The van der Waals surface area contributed by atoms with Gasteiger partial charge in [-0.1, -0.05) is 35.3 Å². The predicted molar refractivity (Wildman–Crippen MR) is 132 cm³/mol. The number of hydrogen-bond acceptors (Lipinski definition) is 6. The Morgan fingerprint density at radius 2 is 1.65 bits per heavy atom. The van der Waals surface area contributed by atoms with Gasteiger partial charge in [-0.2, -0.15) is 4.31 Å². The van der Waals surface area contributed by atoms with Gasteiger partial charge in [-0.15, -0.1) is 0 Å². The minimum atomic E-state index is -3.72. The molecule has 2 aromatic carbocycles. The molecule has 2 aromatic heterocycles. The van der Waals surface area contributed by atoms with Crippen LogP contribution >= 0.6 is 23.2 Å². The van der Waals surface area contributed by atoms with Crippen LogP contribution in [-0.2, 0) is 10.0 Å². The summed E-state index contributed by atoms with van der Waals surface area (Å²) in [5.74, 6) is 0.567. The Morgan fingerprint density at radius 3 is 2.32 bits per heavy atom. The first kappa shape index (κ1) is 22.8. The number of hydrogen-bond donors (Lipinski definition) is 0. The van der Waals surface area contributed by atoms with E-state index in [1.54, 1.807) is 18.7 Å². The van der Waals surface area contributed by atoms with Crippen LogP contribution in [0.1, 0.15) is 0 Å². The van der Waals surface area contributed by atoms with E-state index < -0.39 is 10.0 Å². The highest BCUT2D eigenvalue weighted by molar-refractivity contribution is 7.89. The Balaban J connectivity index is 1.30. The summed E-state index contributed by atoms with van der Waals surface area (Å²) >= 11 is 12.1. The first-order chi connectivity index (χ1) is 16.4. The molecule has 3 heterocycles. The van der Waals surface area contributed by atoms with E-state index in [0.29, 0.717) is 37.1 Å². The Morgan fingerprint density at radius 1 is 0.882 bits per heavy atom. The molecule has 1 aliphatic heterocycles. The fourth-order valence-electron chi connectivity index (χ4n) is 3.83. The molecule has 0 bridgehead atoms. The standard InChI is InChI=1S/C23H20Cl2N6O2S/c24-18-3-6-22(20(25)15-18)34(32,33)31-13-11-29(12-14-31)23-27-8-7-21(28-23)17-1-4-19(5-2-17)30-10-9-26-16-30/h1-10,15-16H,11-14H2. The summed E-state index contributed by atoms with van der Waals surface area (Å²) in [6.45, 7) is 1.53. The lowest BCUT2D eigenvalue weighted by molar-refractivity contribution is 0.382. The molecule has 1 saturated heterocycles. The third kappa shape index (κ3) is 4.52. The highest BCUT2D eigenvalue weighted by Crippen LogP contribution is 2.29. The normalized spacial score (nSPS) is 14.9. The van der Waals surface area contributed by atoms with Gasteiger partial charge in [-0.3, -0.25) is 0 Å². The number of anilines is 1. The van der Waals surface area contributed by atoms with Gasteiger partial charge in [0.15, 0.2) is 0 Å². The van der Waals surface area contributed by atoms with Gasteiger partial charge in [0.2, 0.25) is 16.0 Å². The van der Waals surface area contributed by atoms with Crippen LogP contribution < -0.4 is 4.90 Å². The van der Waals surface area contributed by atoms with Crippen molar-refractivity contribution in [2.75, 3.05) is 31.1 Å². The molecule has 1 aliphatic rings. The summed E-state index contributed by atoms with van der Waals surface area (Å²) in [6, 6.07) is 14.3. The van der Waals surface area contributed by atoms with Gasteiger partial charge >= 0.3 is 0 Å². The maximum absolute atomic E-state index is 13.1. The number of sulfonamides is 1. The zero-order chi connectivity index (χ0) is 23.7. The van der Waals surface area contributed by atoms with Crippen molar-refractivity contribution in [3.8, 4) is 16.9 Å². The van der Waals surface area contributed by atoms with Crippen LogP contribution in [0.25, 0.3) is 16.9 Å². The van der Waals surface area contributed by atoms with Crippen molar-refractivity contribution in [3.63, 3.8) is 0 Å². The molecular weight excluding hydrogens is 495 g/mol. The van der Waals surface area contributed by atoms with Crippen molar-refractivity contribution < 1.29 is 8.42 Å². The number of benzene rings is 2. The van der Waals surface area contributed by atoms with E-state index in [2.05, 4.69) is 9.97 Å². The summed E-state index contributed by atoms with van der Waals surface area (Å²) in [5, 5.41) is 0.507. The number of aromatic nitrogens is 4. The molecule has 0 aliphatic carbocycles. The highest BCUT2D eigenvalue weighted by atomic mass is 35.5. The van der Waals surface area contributed by atoms with Gasteiger partial charge < -0.3 is 9.47 Å². The van der Waals surface area contributed by atoms with E-state index in [4.69, 9.17) is 28.2 Å². The number of piperazine rings is 1. The van der Waals surface area contributed by atoms with Crippen molar-refractivity contribution in [2.45, 2.75) is 4.90 Å². The number of imidazole rings is 1. The SMILES string of the molecule is O=S(=O)(c1ccc(Cl)cc1Cl)N1CCN(c2nccc(-c3ccc(-n4ccnc4)cc3)n2)CC1. The molecule has 1 fully saturated rings. The second kappa shape index (κ2) is 9.34. The van der Waals surface area contributed by atoms with Gasteiger partial charge in [-0.05, 0) is 36.4 Å². The summed E-state index contributed by atoms with van der Waals surface area (Å²) in [7, 11) is -3.72. The zero-order valence-corrected chi connectivity index (χ0v) is 20.2. The van der Waals surface area contributed by atoms with Crippen molar-refractivity contribution in [1.29, 1.82) is 0 Å². The number of nitrogens with zero attached hydrogens (tertiary/aromatic N) is 6. The quantitative estimate of drug-likeness (QED) is 0.397. The highest BCUT2D eigenvalue weighted by Gasteiger charge is 2.31. The molecule has 0 spiro atoms. The predicted octanol–water partition coefficient (Wildman–Crippen LogP) is 4.15. The molecule has 5 rings (SSSR count). The lowest BCUT2D eigenvalue weighted by atomic mass is 10.1. The molecule has 11 heteroatoms. The Labute approximate surface area is 207 Å². The number of rotatable bonds is 5. The number of halogens is 2. The third-order valence-electron chi connectivity index (χ3n) is 5.64. The van der Waals surface area contributed by atoms with Gasteiger partial charge in [0.05, 0.1) is 17.0 Å². The summed E-state index contributed by atoms with van der Waals surface area (Å²) in [6.07, 6.45) is 7.09. The van der Waals surface area contributed by atoms with E-state index in [1.165, 1.54) is 22.5 Å². The molecule has 0 saturated carbocycles. The zero-order valence-electron chi connectivity index (χ0n) is 17.9. The van der Waals surface area contributed by atoms with Gasteiger partial charge in [0.25, 0.3) is 0 Å². The van der Waals surface area contributed by atoms with E-state index in [-0.39, 0.29) is 9.92 Å². The Bertz CT molecular complexity index is 1400. The molecule has 0 atom stereocenters. The molecule has 0 N–H and O–H groups in total. The fourth-order valence-corrected chi connectivity index (χ4v) is 6.00. The van der Waals surface area contributed by atoms with Crippen LogP contribution in [0.5, 0.6) is 0 Å². The van der Waals surface area contributed by atoms with Gasteiger partial charge in [-0.25, -0.2) is 23.4 Å². The molecule has 8 nitrogen and oxygen atoms in total. The van der Waals surface area contributed by atoms with Crippen LogP contribution in [0.15, 0.2) is 78.3 Å². The van der Waals surface area contributed by atoms with Crippen molar-refractivity contribution in [3.05, 3.63) is 83.5 Å². The molecule has 0 amide bonds. The van der Waals surface area contributed by atoms with Crippen LogP contribution in [0.2, 0.25) is 10.0 Å². The summed E-state index contributed by atoms with van der Waals surface area (Å²) < 4.78 is 29.5. The largest absolute Gasteiger partial charge is 0.338 e. The topological polar surface area (TPSA) is 84.2 Å². The summed E-state index contributed by atoms with van der Waals surface area (Å²) in [4.78, 5) is 15.3. The third-order valence-corrected chi connectivity index (χ3v) is 8.26. The second-order valence-corrected chi connectivity index (χ2v) is 10.5. The van der Waals surface area contributed by atoms with Gasteiger partial charge in [0.1, 0.15) is 4.90 Å². The first-order valence-electron chi connectivity index (χ1n) is 10.5. The monoisotopic (exact) mass is 514 g/mol. The second-order valence-electron chi connectivity index (χ2n) is 7.72. The molecule has 0 unspecified atom stereocenters. The Hall–Kier alpha value is -2.98. The van der Waals surface area contributed by atoms with E-state index >= 15 is 0 Å². The molecule has 34 heavy (non-hydrogen) atoms. The van der Waals surface area contributed by atoms with E-state index in [1.807, 2.05) is 46.0 Å². The van der Waals surface area contributed by atoms with Gasteiger partial charge in [0, 0.05) is 61.0 Å². The minimum absolute atomic E-state index is 0.0596. The lowest BCUT2D eigenvalue weighted by Gasteiger charge is -2.34. The average molecular weight is 515 g/mol. The Kier molecular flexibility index (Phi) is 6.26. The fraction of sp³-hybridized carbons (Fsp3) is 0.174. The van der Waals surface area contributed by atoms with E-state index in [0.717, 1.165) is 16.9 Å². The smallest absolute Gasteiger partial charge is 0.244 e. The maximum Gasteiger partial charge on any atom is 0.244 e. The molecule has 4 aromatic rings. The summed E-state index contributed by atoms with van der Waals surface area (Å²) in [5.41, 5.74) is 2.77. The van der Waals surface area contributed by atoms with Crippen LogP contribution in [0.4, 0.5) is 5.95 Å². The van der Waals surface area contributed by atoms with E-state index in [9.17, 15) is 8.42 Å². The van der Waals surface area contributed by atoms with Crippen LogP contribution in [-0.4, -0.2) is 58.4 Å². The first-order valence-corrected chi connectivity index (χ1v) is 12.7. The molecular formula is C23H20Cl2N6O2S. The van der Waals surface area contributed by atoms with Crippen LogP contribution in [0.3, 0.4) is 0 Å². The molecule has 174 valence electrons. The molecule has 0 radical (unpaired) electrons. The van der Waals surface area contributed by atoms with Crippen LogP contribution in [0, 0.1) is 0 Å². The maximum atomic E-state index is 13.1. The van der Waals surface area contributed by atoms with Crippen molar-refractivity contribution in [2.24, 2.45) is 0 Å². The van der Waals surface area contributed by atoms with Crippen molar-refractivity contribution in [1.82, 2.24) is 23.8 Å².